The Morgan fingerprint density at radius 1 is 1.67 bits per heavy atom. The van der Waals surface area contributed by atoms with Gasteiger partial charge in [-0.25, -0.2) is 0 Å². The van der Waals surface area contributed by atoms with Gasteiger partial charge in [-0.2, -0.15) is 0 Å². The first kappa shape index (κ1) is 6.31. The Kier molecular flexibility index (Phi) is 3.68. The zero-order valence-electron chi connectivity index (χ0n) is 4.27. The molecule has 0 amide bonds. The molecule has 0 aliphatic heterocycles. The Morgan fingerprint density at radius 2 is 2.17 bits per heavy atom. The average molecular weight is 104 g/mol. The first-order valence-electron chi connectivity index (χ1n) is 2.15. The highest BCUT2D eigenvalue weighted by Gasteiger charge is 1.70. The third kappa shape index (κ3) is 4.31. The zero-order chi connectivity index (χ0) is 4.99. The third-order valence-corrected chi connectivity index (χ3v) is 0.721. The summed E-state index contributed by atoms with van der Waals surface area (Å²) in [5.74, 6) is 0. The third-order valence-electron chi connectivity index (χ3n) is 0.539. The number of rotatable bonds is 2. The van der Waals surface area contributed by atoms with Crippen LogP contribution in [0.2, 0.25) is 0 Å². The van der Waals surface area contributed by atoms with Crippen LogP contribution in [-0.4, -0.2) is 17.9 Å². The Balaban J connectivity index is 2.63. The molecule has 0 spiro atoms. The fraction of sp³-hybridized carbons (Fsp3) is 1.00. The van der Waals surface area contributed by atoms with E-state index >= 15 is 0 Å². The molecule has 0 rings (SSSR count). The van der Waals surface area contributed by atoms with Crippen LogP contribution in [0.4, 0.5) is 0 Å². The fourth-order valence-electron chi connectivity index (χ4n) is 0.315. The van der Waals surface area contributed by atoms with Crippen molar-refractivity contribution in [2.75, 3.05) is 13.6 Å². The second-order valence-corrected chi connectivity index (χ2v) is 1.97. The maximum Gasteiger partial charge on any atom is -0.0245 e. The molecule has 0 aliphatic rings. The van der Waals surface area contributed by atoms with Crippen molar-refractivity contribution in [1.82, 2.24) is 4.31 Å². The van der Waals surface area contributed by atoms with Gasteiger partial charge in [-0.1, -0.05) is 6.92 Å². The summed E-state index contributed by atoms with van der Waals surface area (Å²) in [4.78, 5) is 0. The normalized spacial score (nSPS) is 10.0. The number of hydrogen-bond acceptors (Lipinski definition) is 2. The predicted octanol–water partition coefficient (Wildman–Crippen LogP) is 0.790. The van der Waals surface area contributed by atoms with E-state index in [1.54, 1.807) is 4.31 Å². The van der Waals surface area contributed by atoms with Crippen LogP contribution in [-0.2, 0) is 12.8 Å². The molecule has 0 aromatic heterocycles. The minimum Gasteiger partial charge on any atom is -0.702 e. The number of nitrogens with zero attached hydrogens (tertiary/aromatic N) is 1. The summed E-state index contributed by atoms with van der Waals surface area (Å²) in [6, 6.07) is 0. The predicted molar refractivity (Wildman–Crippen MR) is 30.3 cm³/mol. The van der Waals surface area contributed by atoms with E-state index in [2.05, 4.69) is 6.92 Å². The molecule has 0 aromatic carbocycles. The van der Waals surface area contributed by atoms with Gasteiger partial charge in [-0.05, 0) is 20.0 Å². The Bertz CT molecular complexity index is 28.7. The van der Waals surface area contributed by atoms with E-state index < -0.39 is 0 Å². The molecular formula is C4H10NS-. The van der Waals surface area contributed by atoms with Gasteiger partial charge in [0, 0.05) is 0 Å². The van der Waals surface area contributed by atoms with Crippen LogP contribution < -0.4 is 0 Å². The quantitative estimate of drug-likeness (QED) is 0.476. The van der Waals surface area contributed by atoms with E-state index in [9.17, 15) is 0 Å². The average Bonchev–Trinajstić information content (AvgIpc) is 1.35. The molecule has 0 N–H and O–H groups in total. The monoisotopic (exact) mass is 104 g/mol. The Labute approximate surface area is 44.9 Å². The van der Waals surface area contributed by atoms with Crippen LogP contribution in [0.1, 0.15) is 13.3 Å². The molecule has 0 aromatic rings. The van der Waals surface area contributed by atoms with E-state index in [0.29, 0.717) is 0 Å². The van der Waals surface area contributed by atoms with Crippen molar-refractivity contribution in [3.05, 3.63) is 0 Å². The highest BCUT2D eigenvalue weighted by Crippen LogP contribution is 1.77. The van der Waals surface area contributed by atoms with Gasteiger partial charge in [0.25, 0.3) is 0 Å². The molecular weight excluding hydrogens is 94.1 g/mol. The van der Waals surface area contributed by atoms with Crippen molar-refractivity contribution >= 4 is 12.8 Å². The Hall–Kier alpha value is 0.310. The smallest absolute Gasteiger partial charge is 0.0245 e. The van der Waals surface area contributed by atoms with E-state index in [0.717, 1.165) is 13.0 Å². The molecule has 0 atom stereocenters. The lowest BCUT2D eigenvalue weighted by Gasteiger charge is -2.20. The van der Waals surface area contributed by atoms with Crippen molar-refractivity contribution in [3.63, 3.8) is 0 Å². The lowest BCUT2D eigenvalue weighted by Crippen LogP contribution is -2.09. The lowest BCUT2D eigenvalue weighted by atomic mass is 10.5. The van der Waals surface area contributed by atoms with Gasteiger partial charge in [0.15, 0.2) is 0 Å². The molecule has 0 radical (unpaired) electrons. The minimum absolute atomic E-state index is 1.02. The van der Waals surface area contributed by atoms with Gasteiger partial charge in [-0.15, -0.1) is 0 Å². The van der Waals surface area contributed by atoms with E-state index in [-0.39, 0.29) is 0 Å². The second-order valence-electron chi connectivity index (χ2n) is 1.35. The van der Waals surface area contributed by atoms with Crippen LogP contribution in [0.5, 0.6) is 0 Å². The topological polar surface area (TPSA) is 3.24 Å². The van der Waals surface area contributed by atoms with Crippen molar-refractivity contribution in [2.45, 2.75) is 13.3 Å². The number of hydrogen-bond donors (Lipinski definition) is 0. The largest absolute Gasteiger partial charge is 0.702 e. The van der Waals surface area contributed by atoms with Gasteiger partial charge in [0.05, 0.1) is 0 Å². The Morgan fingerprint density at radius 3 is 2.17 bits per heavy atom. The molecule has 0 saturated heterocycles. The second kappa shape index (κ2) is 3.50. The molecule has 0 bridgehead atoms. The standard InChI is InChI=1S/C4H10NS/c1-3-4-5(2)6/h3-4H2,1-2H3/q-1. The summed E-state index contributed by atoms with van der Waals surface area (Å²) < 4.78 is 1.76. The highest BCUT2D eigenvalue weighted by atomic mass is 32.1. The van der Waals surface area contributed by atoms with Gasteiger partial charge in [-0.3, -0.25) is 0 Å². The molecule has 0 unspecified atom stereocenters. The SMILES string of the molecule is CCCN(C)[S-]. The lowest BCUT2D eigenvalue weighted by molar-refractivity contribution is 0.564. The summed E-state index contributed by atoms with van der Waals surface area (Å²) in [5, 5.41) is 0. The van der Waals surface area contributed by atoms with Gasteiger partial charge in [0.2, 0.25) is 0 Å². The maximum absolute atomic E-state index is 4.71. The van der Waals surface area contributed by atoms with Crippen LogP contribution in [0.3, 0.4) is 0 Å². The van der Waals surface area contributed by atoms with E-state index in [1.165, 1.54) is 0 Å². The van der Waals surface area contributed by atoms with Crippen molar-refractivity contribution < 1.29 is 0 Å². The van der Waals surface area contributed by atoms with Crippen LogP contribution >= 0.6 is 0 Å². The van der Waals surface area contributed by atoms with Gasteiger partial charge < -0.3 is 17.1 Å². The van der Waals surface area contributed by atoms with Crippen molar-refractivity contribution in [2.24, 2.45) is 0 Å². The summed E-state index contributed by atoms with van der Waals surface area (Å²) in [6.07, 6.45) is 1.15. The highest BCUT2D eigenvalue weighted by molar-refractivity contribution is 7.55. The molecule has 0 fully saturated rings. The molecule has 6 heavy (non-hydrogen) atoms. The van der Waals surface area contributed by atoms with Crippen LogP contribution in [0, 0.1) is 0 Å². The summed E-state index contributed by atoms with van der Waals surface area (Å²) in [6.45, 7) is 3.14. The van der Waals surface area contributed by atoms with E-state index in [1.807, 2.05) is 7.05 Å². The molecule has 38 valence electrons. The van der Waals surface area contributed by atoms with Crippen molar-refractivity contribution in [1.29, 1.82) is 0 Å². The summed E-state index contributed by atoms with van der Waals surface area (Å²) in [5.41, 5.74) is 0. The molecule has 0 saturated carbocycles. The molecule has 0 aliphatic carbocycles. The summed E-state index contributed by atoms with van der Waals surface area (Å²) >= 11 is 4.71. The fourth-order valence-corrected chi connectivity index (χ4v) is 0.497. The van der Waals surface area contributed by atoms with E-state index in [4.69, 9.17) is 12.8 Å². The first-order chi connectivity index (χ1) is 2.77. The van der Waals surface area contributed by atoms with Crippen molar-refractivity contribution in [3.8, 4) is 0 Å². The minimum atomic E-state index is 1.02. The molecule has 0 heterocycles. The van der Waals surface area contributed by atoms with Gasteiger partial charge in [0.1, 0.15) is 0 Å². The zero-order valence-corrected chi connectivity index (χ0v) is 5.09. The summed E-state index contributed by atoms with van der Waals surface area (Å²) in [7, 11) is 1.90. The van der Waals surface area contributed by atoms with Gasteiger partial charge >= 0.3 is 0 Å². The molecule has 2 heteroatoms. The van der Waals surface area contributed by atoms with Crippen LogP contribution in [0.15, 0.2) is 0 Å². The maximum atomic E-state index is 4.71. The molecule has 1 nitrogen and oxygen atoms in total. The first-order valence-corrected chi connectivity index (χ1v) is 2.52. The van der Waals surface area contributed by atoms with Crippen LogP contribution in [0.25, 0.3) is 0 Å².